The predicted octanol–water partition coefficient (Wildman–Crippen LogP) is -2.40. The molecule has 0 radical (unpaired) electrons. The van der Waals surface area contributed by atoms with E-state index < -0.39 is 94.0 Å². The van der Waals surface area contributed by atoms with Gasteiger partial charge in [0.15, 0.2) is 17.8 Å². The van der Waals surface area contributed by atoms with E-state index in [1.165, 1.54) is 6.92 Å². The Bertz CT molecular complexity index is 957. The van der Waals surface area contributed by atoms with Crippen LogP contribution in [0.3, 0.4) is 0 Å². The van der Waals surface area contributed by atoms with E-state index in [2.05, 4.69) is 0 Å². The van der Waals surface area contributed by atoms with E-state index in [4.69, 9.17) is 18.9 Å². The highest BCUT2D eigenvalue weighted by Crippen LogP contribution is 2.84. The van der Waals surface area contributed by atoms with Crippen LogP contribution in [0.2, 0.25) is 0 Å². The Morgan fingerprint density at radius 3 is 2.19 bits per heavy atom. The molecule has 4 heterocycles. The summed E-state index contributed by atoms with van der Waals surface area (Å²) < 4.78 is 22.2. The molecule has 0 bridgehead atoms. The summed E-state index contributed by atoms with van der Waals surface area (Å²) in [6, 6.07) is 0. The van der Waals surface area contributed by atoms with Gasteiger partial charge in [0.2, 0.25) is 11.9 Å². The van der Waals surface area contributed by atoms with Crippen molar-refractivity contribution in [2.24, 2.45) is 28.1 Å². The number of hydrogen-bond donors (Lipinski definition) is 4. The highest BCUT2D eigenvalue weighted by Gasteiger charge is 3.05. The molecule has 31 heavy (non-hydrogen) atoms. The summed E-state index contributed by atoms with van der Waals surface area (Å²) >= 11 is 0. The van der Waals surface area contributed by atoms with E-state index in [9.17, 15) is 34.8 Å². The third-order valence-electron chi connectivity index (χ3n) is 8.95. The third kappa shape index (κ3) is 1.43. The predicted molar refractivity (Wildman–Crippen MR) is 93.4 cm³/mol. The van der Waals surface area contributed by atoms with Gasteiger partial charge in [0.05, 0.1) is 22.9 Å². The Kier molecular flexibility index (Phi) is 3.15. The Morgan fingerprint density at radius 2 is 1.58 bits per heavy atom. The number of ether oxygens (including phenoxy) is 4. The van der Waals surface area contributed by atoms with Gasteiger partial charge in [-0.2, -0.15) is 0 Å². The van der Waals surface area contributed by atoms with Crippen molar-refractivity contribution >= 4 is 17.9 Å². The highest BCUT2D eigenvalue weighted by atomic mass is 16.8. The zero-order chi connectivity index (χ0) is 22.7. The minimum Gasteiger partial charge on any atom is -0.456 e. The molecule has 11 heteroatoms. The van der Waals surface area contributed by atoms with E-state index in [1.807, 2.05) is 0 Å². The quantitative estimate of drug-likeness (QED) is 0.234. The lowest BCUT2D eigenvalue weighted by Crippen LogP contribution is -2.67. The number of aliphatic hydroxyl groups is 4. The first-order valence-corrected chi connectivity index (χ1v) is 10.3. The average molecular weight is 440 g/mol. The molecule has 6 rings (SSSR count). The van der Waals surface area contributed by atoms with Crippen molar-refractivity contribution in [3.8, 4) is 0 Å². The number of fused-ring (bicyclic) bond motifs is 1. The lowest BCUT2D eigenvalue weighted by Gasteiger charge is -2.47. The standard InChI is InChI=1S/C20H24O11/c1-5-12(24)28-11-8(22)18-10-6(21)7(16(2,3)4)17(18)9(23)13(25)30-15(17)31-20(18,14(26)29-10)19(5,11)27/h5-11,15,21-23,27H,1-4H3/t5-,6-,7+,8?,9+,10-,11+,15+,17+,18-,19-,20+/m1/s1. The van der Waals surface area contributed by atoms with Crippen LogP contribution in [0.25, 0.3) is 0 Å². The summed E-state index contributed by atoms with van der Waals surface area (Å²) in [4.78, 5) is 38.3. The summed E-state index contributed by atoms with van der Waals surface area (Å²) in [7, 11) is 0. The fourth-order valence-corrected chi connectivity index (χ4v) is 8.27. The molecule has 2 spiro atoms. The van der Waals surface area contributed by atoms with Gasteiger partial charge >= 0.3 is 17.9 Å². The van der Waals surface area contributed by atoms with Crippen molar-refractivity contribution in [3.05, 3.63) is 0 Å². The summed E-state index contributed by atoms with van der Waals surface area (Å²) in [5, 5.41) is 46.1. The Labute approximate surface area is 176 Å². The minimum atomic E-state index is -2.40. The lowest BCUT2D eigenvalue weighted by atomic mass is 9.51. The monoisotopic (exact) mass is 440 g/mol. The van der Waals surface area contributed by atoms with Crippen molar-refractivity contribution in [1.29, 1.82) is 0 Å². The molecule has 4 saturated heterocycles. The topological polar surface area (TPSA) is 169 Å². The van der Waals surface area contributed by atoms with Crippen LogP contribution < -0.4 is 0 Å². The molecule has 4 aliphatic heterocycles. The van der Waals surface area contributed by atoms with Crippen LogP contribution in [-0.2, 0) is 33.3 Å². The average Bonchev–Trinajstić information content (AvgIpc) is 3.35. The largest absolute Gasteiger partial charge is 0.456 e. The number of carbonyl (C=O) groups is 3. The fraction of sp³-hybridized carbons (Fsp3) is 0.850. The summed E-state index contributed by atoms with van der Waals surface area (Å²) in [6.07, 6.45) is -9.69. The van der Waals surface area contributed by atoms with Crippen LogP contribution >= 0.6 is 0 Å². The van der Waals surface area contributed by atoms with Crippen LogP contribution in [0.5, 0.6) is 0 Å². The van der Waals surface area contributed by atoms with Gasteiger partial charge in [0, 0.05) is 5.92 Å². The molecule has 0 amide bonds. The second-order valence-corrected chi connectivity index (χ2v) is 10.8. The molecule has 6 fully saturated rings. The van der Waals surface area contributed by atoms with Gasteiger partial charge in [0.1, 0.15) is 12.2 Å². The van der Waals surface area contributed by atoms with Gasteiger partial charge in [0.25, 0.3) is 0 Å². The van der Waals surface area contributed by atoms with E-state index in [1.54, 1.807) is 20.8 Å². The molecule has 12 atom stereocenters. The van der Waals surface area contributed by atoms with Crippen molar-refractivity contribution < 1.29 is 53.8 Å². The van der Waals surface area contributed by atoms with Crippen LogP contribution in [0.1, 0.15) is 27.7 Å². The maximum Gasteiger partial charge on any atom is 0.343 e. The molecular formula is C20H24O11. The van der Waals surface area contributed by atoms with Crippen LogP contribution in [-0.4, -0.2) is 86.3 Å². The SMILES string of the molecule is C[C@@H]1C(=O)O[C@H]2C(O)[C@]34[C@@H]5OC(=O)[C@@]3(O[C@@H]3OC(=O)[C@H](O)[C@@]34[C@H](C(C)(C)C)[C@H]5O)[C@@]12O. The number of esters is 3. The zero-order valence-electron chi connectivity index (χ0n) is 17.3. The Hall–Kier alpha value is -1.79. The second-order valence-electron chi connectivity index (χ2n) is 10.8. The molecule has 0 aromatic carbocycles. The highest BCUT2D eigenvalue weighted by molar-refractivity contribution is 5.94. The maximum absolute atomic E-state index is 13.4. The Morgan fingerprint density at radius 1 is 0.935 bits per heavy atom. The number of carbonyl (C=O) groups excluding carboxylic acids is 3. The van der Waals surface area contributed by atoms with Gasteiger partial charge in [-0.05, 0) is 12.3 Å². The van der Waals surface area contributed by atoms with Gasteiger partial charge in [-0.25, -0.2) is 9.59 Å². The molecule has 11 nitrogen and oxygen atoms in total. The van der Waals surface area contributed by atoms with Crippen LogP contribution in [0.15, 0.2) is 0 Å². The fourth-order valence-electron chi connectivity index (χ4n) is 8.27. The van der Waals surface area contributed by atoms with Gasteiger partial charge in [-0.3, -0.25) is 4.79 Å². The molecule has 170 valence electrons. The molecule has 0 aromatic rings. The van der Waals surface area contributed by atoms with Crippen LogP contribution in [0.4, 0.5) is 0 Å². The summed E-state index contributed by atoms with van der Waals surface area (Å²) in [6.45, 7) is 6.63. The van der Waals surface area contributed by atoms with Crippen molar-refractivity contribution in [1.82, 2.24) is 0 Å². The van der Waals surface area contributed by atoms with Gasteiger partial charge in [-0.1, -0.05) is 20.8 Å². The first-order chi connectivity index (χ1) is 14.3. The molecule has 0 aromatic heterocycles. The second kappa shape index (κ2) is 4.91. The normalized spacial score (nSPS) is 61.0. The first kappa shape index (κ1) is 19.9. The summed E-state index contributed by atoms with van der Waals surface area (Å²) in [5.41, 5.74) is -9.40. The third-order valence-corrected chi connectivity index (χ3v) is 8.95. The smallest absolute Gasteiger partial charge is 0.343 e. The number of hydrogen-bond acceptors (Lipinski definition) is 11. The zero-order valence-corrected chi connectivity index (χ0v) is 17.3. The van der Waals surface area contributed by atoms with Gasteiger partial charge in [-0.15, -0.1) is 0 Å². The first-order valence-electron chi connectivity index (χ1n) is 10.3. The van der Waals surface area contributed by atoms with Crippen LogP contribution in [0, 0.1) is 28.1 Å². The van der Waals surface area contributed by atoms with E-state index in [0.29, 0.717) is 0 Å². The molecular weight excluding hydrogens is 416 g/mol. The van der Waals surface area contributed by atoms with Crippen molar-refractivity contribution in [2.45, 2.75) is 75.7 Å². The molecule has 2 saturated carbocycles. The van der Waals surface area contributed by atoms with Crippen molar-refractivity contribution in [2.75, 3.05) is 0 Å². The molecule has 4 N–H and O–H groups in total. The lowest BCUT2D eigenvalue weighted by molar-refractivity contribution is -0.240. The molecule has 1 unspecified atom stereocenters. The maximum atomic E-state index is 13.4. The molecule has 6 aliphatic rings. The van der Waals surface area contributed by atoms with Gasteiger partial charge < -0.3 is 39.4 Å². The summed E-state index contributed by atoms with van der Waals surface area (Å²) in [5.74, 6) is -5.22. The molecule has 2 aliphatic carbocycles. The van der Waals surface area contributed by atoms with Crippen molar-refractivity contribution in [3.63, 3.8) is 0 Å². The number of aliphatic hydroxyl groups excluding tert-OH is 3. The minimum absolute atomic E-state index is 0.792. The van der Waals surface area contributed by atoms with E-state index in [-0.39, 0.29) is 0 Å². The Balaban J connectivity index is 1.75. The number of rotatable bonds is 0. The van der Waals surface area contributed by atoms with E-state index in [0.717, 1.165) is 0 Å². The van der Waals surface area contributed by atoms with E-state index >= 15 is 0 Å².